The second-order valence-electron chi connectivity index (χ2n) is 7.22. The van der Waals surface area contributed by atoms with E-state index >= 15 is 0 Å². The number of aryl methyl sites for hydroxylation is 2. The van der Waals surface area contributed by atoms with Crippen molar-refractivity contribution in [1.29, 1.82) is 0 Å². The summed E-state index contributed by atoms with van der Waals surface area (Å²) in [6.07, 6.45) is 7.30. The molecular formula is C22H26N2O2. The molecule has 2 aliphatic rings. The number of anilines is 2. The first-order valence-corrected chi connectivity index (χ1v) is 9.67. The number of nitrogens with zero attached hydrogens (tertiary/aromatic N) is 1. The Morgan fingerprint density at radius 1 is 0.923 bits per heavy atom. The van der Waals surface area contributed by atoms with Crippen molar-refractivity contribution in [3.63, 3.8) is 0 Å². The van der Waals surface area contributed by atoms with E-state index in [0.29, 0.717) is 0 Å². The van der Waals surface area contributed by atoms with E-state index in [1.54, 1.807) is 0 Å². The molecule has 0 spiro atoms. The predicted octanol–water partition coefficient (Wildman–Crippen LogP) is 4.18. The number of carbonyl (C=O) groups excluding carboxylic acids is 1. The molecule has 1 amide bonds. The lowest BCUT2D eigenvalue weighted by molar-refractivity contribution is -0.118. The summed E-state index contributed by atoms with van der Waals surface area (Å²) in [6.45, 7) is 2.29. The van der Waals surface area contributed by atoms with Crippen LogP contribution in [-0.4, -0.2) is 25.6 Å². The maximum Gasteiger partial charge on any atom is 0.262 e. The first kappa shape index (κ1) is 17.0. The second-order valence-corrected chi connectivity index (χ2v) is 7.22. The number of hydrogen-bond donors (Lipinski definition) is 1. The Morgan fingerprint density at radius 2 is 1.65 bits per heavy atom. The summed E-state index contributed by atoms with van der Waals surface area (Å²) in [7, 11) is 0. The summed E-state index contributed by atoms with van der Waals surface area (Å²) < 4.78 is 5.69. The predicted molar refractivity (Wildman–Crippen MR) is 105 cm³/mol. The number of carbonyl (C=O) groups is 1. The molecule has 1 heterocycles. The van der Waals surface area contributed by atoms with E-state index in [2.05, 4.69) is 34.5 Å². The van der Waals surface area contributed by atoms with E-state index in [0.717, 1.165) is 37.4 Å². The van der Waals surface area contributed by atoms with Crippen LogP contribution in [0.2, 0.25) is 0 Å². The minimum atomic E-state index is -0.128. The van der Waals surface area contributed by atoms with E-state index in [9.17, 15) is 4.79 Å². The minimum Gasteiger partial charge on any atom is -0.484 e. The summed E-state index contributed by atoms with van der Waals surface area (Å²) in [5.74, 6) is 0.654. The molecule has 4 heteroatoms. The molecule has 2 aromatic rings. The van der Waals surface area contributed by atoms with E-state index in [-0.39, 0.29) is 12.5 Å². The fourth-order valence-electron chi connectivity index (χ4n) is 3.88. The summed E-state index contributed by atoms with van der Waals surface area (Å²) in [5.41, 5.74) is 4.83. The molecule has 1 N–H and O–H groups in total. The van der Waals surface area contributed by atoms with Gasteiger partial charge in [-0.2, -0.15) is 0 Å². The summed E-state index contributed by atoms with van der Waals surface area (Å²) in [5, 5.41) is 2.91. The quantitative estimate of drug-likeness (QED) is 0.879. The first-order valence-electron chi connectivity index (χ1n) is 9.67. The lowest BCUT2D eigenvalue weighted by Crippen LogP contribution is -2.20. The number of benzene rings is 2. The number of ether oxygens (including phenoxy) is 1. The van der Waals surface area contributed by atoms with Crippen LogP contribution >= 0.6 is 0 Å². The van der Waals surface area contributed by atoms with Crippen LogP contribution in [-0.2, 0) is 17.6 Å². The lowest BCUT2D eigenvalue weighted by atomic mass is 9.92. The van der Waals surface area contributed by atoms with Crippen molar-refractivity contribution >= 4 is 17.3 Å². The van der Waals surface area contributed by atoms with Crippen molar-refractivity contribution in [3.8, 4) is 5.75 Å². The standard InChI is InChI=1S/C22H26N2O2/c25-22(16-26-21-12-7-17-5-1-2-6-18(17)15-21)23-19-8-10-20(11-9-19)24-13-3-4-14-24/h7-12,15H,1-6,13-14,16H2,(H,23,25). The van der Waals surface area contributed by atoms with Gasteiger partial charge in [0.15, 0.2) is 6.61 Å². The largest absolute Gasteiger partial charge is 0.484 e. The Morgan fingerprint density at radius 3 is 2.42 bits per heavy atom. The molecule has 1 aliphatic heterocycles. The van der Waals surface area contributed by atoms with Gasteiger partial charge in [-0.3, -0.25) is 4.79 Å². The molecular weight excluding hydrogens is 324 g/mol. The number of hydrogen-bond acceptors (Lipinski definition) is 3. The zero-order valence-electron chi connectivity index (χ0n) is 15.2. The zero-order chi connectivity index (χ0) is 17.8. The normalized spacial score (nSPS) is 16.2. The van der Waals surface area contributed by atoms with Crippen LogP contribution in [0.15, 0.2) is 42.5 Å². The Bertz CT molecular complexity index is 764. The highest BCUT2D eigenvalue weighted by Gasteiger charge is 2.13. The molecule has 0 bridgehead atoms. The topological polar surface area (TPSA) is 41.6 Å². The van der Waals surface area contributed by atoms with Gasteiger partial charge in [-0.25, -0.2) is 0 Å². The van der Waals surface area contributed by atoms with Crippen LogP contribution in [0.1, 0.15) is 36.8 Å². The smallest absolute Gasteiger partial charge is 0.262 e. The number of amides is 1. The van der Waals surface area contributed by atoms with E-state index in [4.69, 9.17) is 4.74 Å². The summed E-state index contributed by atoms with van der Waals surface area (Å²) in [6, 6.07) is 14.3. The Balaban J connectivity index is 1.29. The van der Waals surface area contributed by atoms with Crippen LogP contribution < -0.4 is 15.0 Å². The molecule has 2 aromatic carbocycles. The highest BCUT2D eigenvalue weighted by molar-refractivity contribution is 5.92. The van der Waals surface area contributed by atoms with Gasteiger partial charge in [-0.05, 0) is 86.1 Å². The fourth-order valence-corrected chi connectivity index (χ4v) is 3.88. The van der Waals surface area contributed by atoms with Gasteiger partial charge in [-0.15, -0.1) is 0 Å². The van der Waals surface area contributed by atoms with Gasteiger partial charge in [-0.1, -0.05) is 6.07 Å². The van der Waals surface area contributed by atoms with Gasteiger partial charge in [0, 0.05) is 24.5 Å². The van der Waals surface area contributed by atoms with Crippen molar-refractivity contribution in [2.45, 2.75) is 38.5 Å². The molecule has 0 saturated carbocycles. The van der Waals surface area contributed by atoms with Crippen LogP contribution in [0.4, 0.5) is 11.4 Å². The van der Waals surface area contributed by atoms with Gasteiger partial charge in [0.2, 0.25) is 0 Å². The van der Waals surface area contributed by atoms with Crippen molar-refractivity contribution in [3.05, 3.63) is 53.6 Å². The Kier molecular flexibility index (Phi) is 5.09. The molecule has 1 saturated heterocycles. The number of nitrogens with one attached hydrogen (secondary N) is 1. The number of fused-ring (bicyclic) bond motifs is 1. The molecule has 1 aliphatic carbocycles. The van der Waals surface area contributed by atoms with Crippen molar-refractivity contribution < 1.29 is 9.53 Å². The lowest BCUT2D eigenvalue weighted by Gasteiger charge is -2.18. The molecule has 26 heavy (non-hydrogen) atoms. The van der Waals surface area contributed by atoms with E-state index in [1.807, 2.05) is 18.2 Å². The molecule has 4 nitrogen and oxygen atoms in total. The van der Waals surface area contributed by atoms with Crippen molar-refractivity contribution in [2.75, 3.05) is 29.9 Å². The van der Waals surface area contributed by atoms with Gasteiger partial charge >= 0.3 is 0 Å². The highest BCUT2D eigenvalue weighted by atomic mass is 16.5. The van der Waals surface area contributed by atoms with Crippen LogP contribution in [0.3, 0.4) is 0 Å². The highest BCUT2D eigenvalue weighted by Crippen LogP contribution is 2.25. The van der Waals surface area contributed by atoms with Crippen LogP contribution in [0, 0.1) is 0 Å². The first-order chi connectivity index (χ1) is 12.8. The fraction of sp³-hybridized carbons (Fsp3) is 0.409. The minimum absolute atomic E-state index is 0.0344. The number of rotatable bonds is 5. The van der Waals surface area contributed by atoms with Crippen molar-refractivity contribution in [2.24, 2.45) is 0 Å². The third-order valence-corrected chi connectivity index (χ3v) is 5.31. The average molecular weight is 350 g/mol. The molecule has 0 aromatic heterocycles. The third-order valence-electron chi connectivity index (χ3n) is 5.31. The van der Waals surface area contributed by atoms with Gasteiger partial charge in [0.1, 0.15) is 5.75 Å². The van der Waals surface area contributed by atoms with Gasteiger partial charge in [0.05, 0.1) is 0 Å². The maximum absolute atomic E-state index is 12.2. The van der Waals surface area contributed by atoms with E-state index in [1.165, 1.54) is 42.5 Å². The van der Waals surface area contributed by atoms with Crippen LogP contribution in [0.5, 0.6) is 5.75 Å². The zero-order valence-corrected chi connectivity index (χ0v) is 15.2. The van der Waals surface area contributed by atoms with Crippen molar-refractivity contribution in [1.82, 2.24) is 0 Å². The van der Waals surface area contributed by atoms with Crippen LogP contribution in [0.25, 0.3) is 0 Å². The Hall–Kier alpha value is -2.49. The molecule has 0 atom stereocenters. The third kappa shape index (κ3) is 4.01. The molecule has 0 radical (unpaired) electrons. The second kappa shape index (κ2) is 7.81. The molecule has 1 fully saturated rings. The van der Waals surface area contributed by atoms with Gasteiger partial charge < -0.3 is 15.0 Å². The monoisotopic (exact) mass is 350 g/mol. The molecule has 0 unspecified atom stereocenters. The molecule has 136 valence electrons. The summed E-state index contributed by atoms with van der Waals surface area (Å²) >= 11 is 0. The summed E-state index contributed by atoms with van der Waals surface area (Å²) in [4.78, 5) is 14.5. The average Bonchev–Trinajstić information content (AvgIpc) is 3.22. The van der Waals surface area contributed by atoms with Gasteiger partial charge in [0.25, 0.3) is 5.91 Å². The van der Waals surface area contributed by atoms with E-state index < -0.39 is 0 Å². The Labute approximate surface area is 155 Å². The maximum atomic E-state index is 12.2. The SMILES string of the molecule is O=C(COc1ccc2c(c1)CCCC2)Nc1ccc(N2CCCC2)cc1. The molecule has 4 rings (SSSR count).